The summed E-state index contributed by atoms with van der Waals surface area (Å²) < 4.78 is 5.85. The molecule has 0 bridgehead atoms. The van der Waals surface area contributed by atoms with Crippen molar-refractivity contribution in [2.45, 2.75) is 37.6 Å². The van der Waals surface area contributed by atoms with Crippen LogP contribution >= 0.6 is 0 Å². The number of piperidine rings is 1. The molecule has 0 aliphatic carbocycles. The molecule has 1 aromatic carbocycles. The van der Waals surface area contributed by atoms with Crippen molar-refractivity contribution in [1.82, 2.24) is 4.90 Å². The summed E-state index contributed by atoms with van der Waals surface area (Å²) in [6, 6.07) is 11.0. The van der Waals surface area contributed by atoms with E-state index in [1.54, 1.807) is 0 Å². The summed E-state index contributed by atoms with van der Waals surface area (Å²) in [6.07, 6.45) is 6.51. The topological polar surface area (TPSA) is 12.5 Å². The fourth-order valence-corrected chi connectivity index (χ4v) is 3.51. The maximum absolute atomic E-state index is 5.85. The first-order chi connectivity index (χ1) is 8.92. The van der Waals surface area contributed by atoms with Crippen molar-refractivity contribution in [2.75, 3.05) is 26.3 Å². The van der Waals surface area contributed by atoms with E-state index in [2.05, 4.69) is 35.2 Å². The standard InChI is InChI=1S/C16H23NO/c1-3-8-15(9-4-1)16(10-7-13-18-14-16)17-11-5-2-6-12-17/h1,3-4,8-9H,2,5-7,10-14H2. The van der Waals surface area contributed by atoms with Gasteiger partial charge in [-0.2, -0.15) is 0 Å². The number of hydrogen-bond donors (Lipinski definition) is 0. The number of hydrogen-bond acceptors (Lipinski definition) is 2. The zero-order chi connectivity index (χ0) is 12.3. The Morgan fingerprint density at radius 1 is 0.944 bits per heavy atom. The molecule has 1 aromatic rings. The summed E-state index contributed by atoms with van der Waals surface area (Å²) in [4.78, 5) is 2.69. The highest BCUT2D eigenvalue weighted by atomic mass is 16.5. The van der Waals surface area contributed by atoms with E-state index in [-0.39, 0.29) is 5.54 Å². The van der Waals surface area contributed by atoms with Gasteiger partial charge in [0.15, 0.2) is 0 Å². The van der Waals surface area contributed by atoms with Gasteiger partial charge in [0, 0.05) is 6.61 Å². The van der Waals surface area contributed by atoms with Crippen LogP contribution in [0.2, 0.25) is 0 Å². The van der Waals surface area contributed by atoms with Gasteiger partial charge in [-0.15, -0.1) is 0 Å². The molecule has 0 aromatic heterocycles. The van der Waals surface area contributed by atoms with Gasteiger partial charge in [0.1, 0.15) is 0 Å². The number of ether oxygens (including phenoxy) is 1. The first-order valence-corrected chi connectivity index (χ1v) is 7.30. The second-order valence-electron chi connectivity index (χ2n) is 5.60. The third kappa shape index (κ3) is 2.19. The van der Waals surface area contributed by atoms with Gasteiger partial charge in [0.25, 0.3) is 0 Å². The second-order valence-corrected chi connectivity index (χ2v) is 5.60. The van der Waals surface area contributed by atoms with Crippen LogP contribution in [0.3, 0.4) is 0 Å². The van der Waals surface area contributed by atoms with E-state index >= 15 is 0 Å². The first kappa shape index (κ1) is 12.2. The maximum atomic E-state index is 5.85. The van der Waals surface area contributed by atoms with Crippen molar-refractivity contribution >= 4 is 0 Å². The molecular weight excluding hydrogens is 222 g/mol. The highest BCUT2D eigenvalue weighted by Crippen LogP contribution is 2.38. The Hall–Kier alpha value is -0.860. The molecule has 0 N–H and O–H groups in total. The number of benzene rings is 1. The van der Waals surface area contributed by atoms with E-state index < -0.39 is 0 Å². The fraction of sp³-hybridized carbons (Fsp3) is 0.625. The van der Waals surface area contributed by atoms with Crippen molar-refractivity contribution < 1.29 is 4.74 Å². The van der Waals surface area contributed by atoms with E-state index in [1.165, 1.54) is 50.8 Å². The molecule has 18 heavy (non-hydrogen) atoms. The summed E-state index contributed by atoms with van der Waals surface area (Å²) in [6.45, 7) is 4.27. The highest BCUT2D eigenvalue weighted by Gasteiger charge is 2.40. The van der Waals surface area contributed by atoms with Crippen LogP contribution in [0.4, 0.5) is 0 Å². The van der Waals surface area contributed by atoms with E-state index in [0.29, 0.717) is 0 Å². The van der Waals surface area contributed by atoms with Crippen LogP contribution in [0.5, 0.6) is 0 Å². The number of likely N-dealkylation sites (tertiary alicyclic amines) is 1. The molecule has 1 unspecified atom stereocenters. The Morgan fingerprint density at radius 2 is 1.72 bits per heavy atom. The molecule has 0 spiro atoms. The summed E-state index contributed by atoms with van der Waals surface area (Å²) in [7, 11) is 0. The lowest BCUT2D eigenvalue weighted by Gasteiger charge is -2.48. The van der Waals surface area contributed by atoms with Crippen LogP contribution in [0.25, 0.3) is 0 Å². The molecule has 0 saturated carbocycles. The van der Waals surface area contributed by atoms with Gasteiger partial charge in [-0.1, -0.05) is 36.8 Å². The highest BCUT2D eigenvalue weighted by molar-refractivity contribution is 5.25. The molecule has 2 nitrogen and oxygen atoms in total. The molecule has 0 radical (unpaired) electrons. The molecule has 2 heterocycles. The zero-order valence-corrected chi connectivity index (χ0v) is 11.1. The van der Waals surface area contributed by atoms with E-state index in [1.807, 2.05) is 0 Å². The molecule has 0 amide bonds. The van der Waals surface area contributed by atoms with Crippen molar-refractivity contribution in [2.24, 2.45) is 0 Å². The lowest BCUT2D eigenvalue weighted by molar-refractivity contribution is -0.0609. The molecule has 1 atom stereocenters. The second kappa shape index (κ2) is 5.41. The van der Waals surface area contributed by atoms with E-state index in [9.17, 15) is 0 Å². The summed E-state index contributed by atoms with van der Waals surface area (Å²) >= 11 is 0. The molecular formula is C16H23NO. The van der Waals surface area contributed by atoms with E-state index in [4.69, 9.17) is 4.74 Å². The molecule has 2 aliphatic rings. The molecule has 3 rings (SSSR count). The average Bonchev–Trinajstić information content (AvgIpc) is 2.50. The largest absolute Gasteiger partial charge is 0.379 e. The normalized spacial score (nSPS) is 30.2. The Labute approximate surface area is 110 Å². The van der Waals surface area contributed by atoms with Gasteiger partial charge in [0.2, 0.25) is 0 Å². The van der Waals surface area contributed by atoms with Gasteiger partial charge in [-0.3, -0.25) is 4.90 Å². The van der Waals surface area contributed by atoms with Crippen molar-refractivity contribution in [3.63, 3.8) is 0 Å². The Kier molecular flexibility index (Phi) is 3.67. The zero-order valence-electron chi connectivity index (χ0n) is 11.1. The lowest BCUT2D eigenvalue weighted by Crippen LogP contribution is -2.53. The number of rotatable bonds is 2. The van der Waals surface area contributed by atoms with Crippen LogP contribution in [-0.4, -0.2) is 31.2 Å². The van der Waals surface area contributed by atoms with Crippen LogP contribution in [0.15, 0.2) is 30.3 Å². The first-order valence-electron chi connectivity index (χ1n) is 7.30. The number of nitrogens with zero attached hydrogens (tertiary/aromatic N) is 1. The Bertz CT molecular complexity index is 364. The fourth-order valence-electron chi connectivity index (χ4n) is 3.51. The van der Waals surface area contributed by atoms with Crippen molar-refractivity contribution in [1.29, 1.82) is 0 Å². The third-order valence-electron chi connectivity index (χ3n) is 4.49. The summed E-state index contributed by atoms with van der Waals surface area (Å²) in [5, 5.41) is 0. The van der Waals surface area contributed by atoms with Gasteiger partial charge >= 0.3 is 0 Å². The summed E-state index contributed by atoms with van der Waals surface area (Å²) in [5.41, 5.74) is 1.60. The third-order valence-corrected chi connectivity index (χ3v) is 4.49. The molecule has 2 fully saturated rings. The molecule has 2 saturated heterocycles. The Morgan fingerprint density at radius 3 is 2.39 bits per heavy atom. The van der Waals surface area contributed by atoms with Crippen molar-refractivity contribution in [3.8, 4) is 0 Å². The lowest BCUT2D eigenvalue weighted by atomic mass is 9.82. The molecule has 98 valence electrons. The maximum Gasteiger partial charge on any atom is 0.0697 e. The quantitative estimate of drug-likeness (QED) is 0.793. The van der Waals surface area contributed by atoms with Gasteiger partial charge in [-0.05, 0) is 44.3 Å². The average molecular weight is 245 g/mol. The molecule has 2 aliphatic heterocycles. The minimum Gasteiger partial charge on any atom is -0.379 e. The van der Waals surface area contributed by atoms with E-state index in [0.717, 1.165) is 13.2 Å². The summed E-state index contributed by atoms with van der Waals surface area (Å²) in [5.74, 6) is 0. The van der Waals surface area contributed by atoms with Gasteiger partial charge < -0.3 is 4.74 Å². The minimum atomic E-state index is 0.153. The Balaban J connectivity index is 1.92. The molecule has 2 heteroatoms. The van der Waals surface area contributed by atoms with Crippen LogP contribution in [0, 0.1) is 0 Å². The van der Waals surface area contributed by atoms with Crippen LogP contribution in [0.1, 0.15) is 37.7 Å². The SMILES string of the molecule is c1ccc(C2(N3CCCCC3)CCCOC2)cc1. The minimum absolute atomic E-state index is 0.153. The predicted molar refractivity (Wildman–Crippen MR) is 73.6 cm³/mol. The van der Waals surface area contributed by atoms with Crippen molar-refractivity contribution in [3.05, 3.63) is 35.9 Å². The monoisotopic (exact) mass is 245 g/mol. The van der Waals surface area contributed by atoms with Gasteiger partial charge in [-0.25, -0.2) is 0 Å². The van der Waals surface area contributed by atoms with Gasteiger partial charge in [0.05, 0.1) is 12.1 Å². The van der Waals surface area contributed by atoms with Crippen LogP contribution < -0.4 is 0 Å². The predicted octanol–water partition coefficient (Wildman–Crippen LogP) is 3.18. The smallest absolute Gasteiger partial charge is 0.0697 e. The van der Waals surface area contributed by atoms with Crippen LogP contribution in [-0.2, 0) is 10.3 Å².